The molecule has 0 N–H and O–H groups in total. The van der Waals surface area contributed by atoms with Crippen LogP contribution in [0.15, 0.2) is 11.6 Å². The van der Waals surface area contributed by atoms with Gasteiger partial charge in [0.25, 0.3) is 0 Å². The number of hydrogen-bond acceptors (Lipinski definition) is 1. The zero-order valence-electron chi connectivity index (χ0n) is 8.26. The Morgan fingerprint density at radius 2 is 2.25 bits per heavy atom. The van der Waals surface area contributed by atoms with Crippen molar-refractivity contribution < 1.29 is 4.79 Å². The van der Waals surface area contributed by atoms with Crippen LogP contribution in [0.4, 0.5) is 0 Å². The van der Waals surface area contributed by atoms with E-state index >= 15 is 0 Å². The van der Waals surface area contributed by atoms with Crippen LogP contribution in [0.1, 0.15) is 40.0 Å². The van der Waals surface area contributed by atoms with Gasteiger partial charge in [-0.05, 0) is 38.5 Å². The molecule has 1 rings (SSSR count). The van der Waals surface area contributed by atoms with Crippen molar-refractivity contribution in [1.82, 2.24) is 0 Å². The molecule has 0 saturated heterocycles. The van der Waals surface area contributed by atoms with Gasteiger partial charge in [-0.2, -0.15) is 0 Å². The van der Waals surface area contributed by atoms with Crippen molar-refractivity contribution in [2.45, 2.75) is 40.0 Å². The first-order chi connectivity index (χ1) is 5.58. The summed E-state index contributed by atoms with van der Waals surface area (Å²) in [4.78, 5) is 10.5. The van der Waals surface area contributed by atoms with Crippen LogP contribution < -0.4 is 0 Å². The van der Waals surface area contributed by atoms with Gasteiger partial charge < -0.3 is 4.79 Å². The van der Waals surface area contributed by atoms with Crippen LogP contribution in [0, 0.1) is 11.3 Å². The molecule has 0 aliphatic heterocycles. The van der Waals surface area contributed by atoms with E-state index in [1.807, 2.05) is 0 Å². The first-order valence-electron chi connectivity index (χ1n) is 4.67. The molecule has 1 fully saturated rings. The van der Waals surface area contributed by atoms with E-state index in [2.05, 4.69) is 26.8 Å². The third-order valence-corrected chi connectivity index (χ3v) is 2.85. The lowest BCUT2D eigenvalue weighted by Gasteiger charge is -2.05. The largest absolute Gasteiger partial charge is 0.303 e. The molecule has 1 nitrogen and oxygen atoms in total. The Morgan fingerprint density at radius 3 is 2.67 bits per heavy atom. The molecule has 1 unspecified atom stereocenters. The molecule has 0 radical (unpaired) electrons. The Labute approximate surface area is 74.9 Å². The van der Waals surface area contributed by atoms with Gasteiger partial charge in [0.2, 0.25) is 0 Å². The average molecular weight is 166 g/mol. The minimum atomic E-state index is 0.341. The second-order valence-corrected chi connectivity index (χ2v) is 4.42. The maximum Gasteiger partial charge on any atom is 0.123 e. The molecule has 0 aromatic heterocycles. The Kier molecular flexibility index (Phi) is 2.71. The van der Waals surface area contributed by atoms with E-state index in [1.54, 1.807) is 0 Å². The lowest BCUT2D eigenvalue weighted by atomic mass is 9.99. The maximum atomic E-state index is 10.5. The molecule has 12 heavy (non-hydrogen) atoms. The van der Waals surface area contributed by atoms with Crippen LogP contribution in [0.2, 0.25) is 0 Å². The van der Waals surface area contributed by atoms with Gasteiger partial charge in [-0.3, -0.25) is 0 Å². The second-order valence-electron chi connectivity index (χ2n) is 4.42. The molecule has 2 atom stereocenters. The minimum absolute atomic E-state index is 0.341. The van der Waals surface area contributed by atoms with Crippen LogP contribution in [0.3, 0.4) is 0 Å². The Bertz CT molecular complexity index is 201. The summed E-state index contributed by atoms with van der Waals surface area (Å²) in [5.74, 6) is 0.350. The Morgan fingerprint density at radius 1 is 1.58 bits per heavy atom. The molecule has 1 saturated carbocycles. The quantitative estimate of drug-likeness (QED) is 0.463. The molecular weight excluding hydrogens is 148 g/mol. The lowest BCUT2D eigenvalue weighted by molar-refractivity contribution is -0.109. The van der Waals surface area contributed by atoms with Gasteiger partial charge in [0.1, 0.15) is 6.29 Å². The van der Waals surface area contributed by atoms with Gasteiger partial charge in [-0.25, -0.2) is 0 Å². The molecule has 0 spiro atoms. The highest BCUT2D eigenvalue weighted by molar-refractivity contribution is 5.59. The highest BCUT2D eigenvalue weighted by Gasteiger charge is 2.48. The van der Waals surface area contributed by atoms with Gasteiger partial charge in [-0.15, -0.1) is 0 Å². The van der Waals surface area contributed by atoms with Crippen molar-refractivity contribution in [2.75, 3.05) is 0 Å². The first-order valence-corrected chi connectivity index (χ1v) is 4.67. The van der Waals surface area contributed by atoms with E-state index in [9.17, 15) is 4.79 Å². The van der Waals surface area contributed by atoms with E-state index in [-0.39, 0.29) is 0 Å². The zero-order chi connectivity index (χ0) is 9.19. The van der Waals surface area contributed by atoms with Crippen molar-refractivity contribution in [1.29, 1.82) is 0 Å². The number of allylic oxidation sites excluding steroid dienone is 2. The van der Waals surface area contributed by atoms with Crippen LogP contribution >= 0.6 is 0 Å². The normalized spacial score (nSPS) is 32.8. The standard InChI is InChI=1S/C11H18O/c1-9(2)5-4-6-11(3)7-10(11)8-12/h5,8,10H,4,6-7H2,1-3H3/t10?,11-/m0/s1. The summed E-state index contributed by atoms with van der Waals surface area (Å²) in [6.45, 7) is 6.45. The molecule has 0 heterocycles. The van der Waals surface area contributed by atoms with Gasteiger partial charge in [0.05, 0.1) is 0 Å². The first kappa shape index (κ1) is 9.50. The van der Waals surface area contributed by atoms with Crippen molar-refractivity contribution in [2.24, 2.45) is 11.3 Å². The van der Waals surface area contributed by atoms with Gasteiger partial charge in [0, 0.05) is 5.92 Å². The van der Waals surface area contributed by atoms with Crippen molar-refractivity contribution >= 4 is 6.29 Å². The van der Waals surface area contributed by atoms with Crippen LogP contribution in [-0.2, 0) is 4.79 Å². The van der Waals surface area contributed by atoms with E-state index in [0.717, 1.165) is 19.1 Å². The predicted octanol–water partition coefficient (Wildman–Crippen LogP) is 2.96. The van der Waals surface area contributed by atoms with Crippen molar-refractivity contribution in [3.63, 3.8) is 0 Å². The molecule has 1 heteroatoms. The lowest BCUT2D eigenvalue weighted by Crippen LogP contribution is -1.97. The second kappa shape index (κ2) is 3.42. The molecule has 0 aromatic carbocycles. The minimum Gasteiger partial charge on any atom is -0.303 e. The van der Waals surface area contributed by atoms with Gasteiger partial charge in [0.15, 0.2) is 0 Å². The zero-order valence-corrected chi connectivity index (χ0v) is 8.26. The molecule has 0 amide bonds. The Hall–Kier alpha value is -0.590. The summed E-state index contributed by atoms with van der Waals surface area (Å²) in [6, 6.07) is 0. The summed E-state index contributed by atoms with van der Waals surface area (Å²) >= 11 is 0. The summed E-state index contributed by atoms with van der Waals surface area (Å²) in [5.41, 5.74) is 1.72. The average Bonchev–Trinajstić information content (AvgIpc) is 2.61. The predicted molar refractivity (Wildman–Crippen MR) is 50.9 cm³/mol. The molecule has 68 valence electrons. The number of aldehydes is 1. The molecular formula is C11H18O. The number of hydrogen-bond donors (Lipinski definition) is 0. The SMILES string of the molecule is CC(C)=CCC[C@@]1(C)CC1C=O. The van der Waals surface area contributed by atoms with E-state index in [0.29, 0.717) is 11.3 Å². The Balaban J connectivity index is 2.25. The summed E-state index contributed by atoms with van der Waals surface area (Å²) in [5, 5.41) is 0. The van der Waals surface area contributed by atoms with Crippen molar-refractivity contribution in [3.8, 4) is 0 Å². The number of carbonyl (C=O) groups excluding carboxylic acids is 1. The molecule has 1 aliphatic rings. The monoisotopic (exact) mass is 166 g/mol. The fraction of sp³-hybridized carbons (Fsp3) is 0.727. The van der Waals surface area contributed by atoms with Gasteiger partial charge >= 0.3 is 0 Å². The number of carbonyl (C=O) groups is 1. The van der Waals surface area contributed by atoms with Crippen molar-refractivity contribution in [3.05, 3.63) is 11.6 Å². The summed E-state index contributed by atoms with van der Waals surface area (Å²) < 4.78 is 0. The molecule has 0 bridgehead atoms. The summed E-state index contributed by atoms with van der Waals surface area (Å²) in [6.07, 6.45) is 6.77. The van der Waals surface area contributed by atoms with Gasteiger partial charge in [-0.1, -0.05) is 18.6 Å². The number of rotatable bonds is 4. The highest BCUT2D eigenvalue weighted by atomic mass is 16.1. The third-order valence-electron chi connectivity index (χ3n) is 2.85. The van der Waals surface area contributed by atoms with Crippen LogP contribution in [0.5, 0.6) is 0 Å². The van der Waals surface area contributed by atoms with E-state index in [1.165, 1.54) is 12.0 Å². The van der Waals surface area contributed by atoms with E-state index in [4.69, 9.17) is 0 Å². The highest BCUT2D eigenvalue weighted by Crippen LogP contribution is 2.54. The summed E-state index contributed by atoms with van der Waals surface area (Å²) in [7, 11) is 0. The van der Waals surface area contributed by atoms with Crippen LogP contribution in [-0.4, -0.2) is 6.29 Å². The fourth-order valence-corrected chi connectivity index (χ4v) is 1.63. The maximum absolute atomic E-state index is 10.5. The molecule has 1 aliphatic carbocycles. The van der Waals surface area contributed by atoms with E-state index < -0.39 is 0 Å². The molecule has 0 aromatic rings. The van der Waals surface area contributed by atoms with Crippen LogP contribution in [0.25, 0.3) is 0 Å². The smallest absolute Gasteiger partial charge is 0.123 e. The topological polar surface area (TPSA) is 17.1 Å². The fourth-order valence-electron chi connectivity index (χ4n) is 1.63. The third kappa shape index (κ3) is 2.20.